The maximum absolute atomic E-state index is 12.1. The van der Waals surface area contributed by atoms with E-state index in [9.17, 15) is 4.79 Å². The third kappa shape index (κ3) is 3.73. The van der Waals surface area contributed by atoms with E-state index in [2.05, 4.69) is 52.2 Å². The Balaban J connectivity index is 1.94. The predicted molar refractivity (Wildman–Crippen MR) is 86.3 cm³/mol. The van der Waals surface area contributed by atoms with Gasteiger partial charge in [0, 0.05) is 11.9 Å². The van der Waals surface area contributed by atoms with Crippen LogP contribution in [0.3, 0.4) is 0 Å². The Morgan fingerprint density at radius 3 is 2.50 bits per heavy atom. The molecule has 0 aliphatic heterocycles. The summed E-state index contributed by atoms with van der Waals surface area (Å²) in [6, 6.07) is 8.23. The van der Waals surface area contributed by atoms with Gasteiger partial charge in [0.05, 0.1) is 28.0 Å². The van der Waals surface area contributed by atoms with Gasteiger partial charge in [0.15, 0.2) is 0 Å². The van der Waals surface area contributed by atoms with Crippen molar-refractivity contribution in [2.75, 3.05) is 5.75 Å². The second-order valence-electron chi connectivity index (χ2n) is 4.79. The maximum Gasteiger partial charge on any atom is 0.149 e. The Hall–Kier alpha value is -1.07. The largest absolute Gasteiger partial charge is 0.298 e. The number of nitrogens with zero attached hydrogens (tertiary/aromatic N) is 2. The van der Waals surface area contributed by atoms with Gasteiger partial charge in [-0.05, 0) is 41.9 Å². The van der Waals surface area contributed by atoms with Crippen LogP contribution in [-0.2, 0) is 18.3 Å². The molecule has 5 heteroatoms. The van der Waals surface area contributed by atoms with Crippen LogP contribution in [0, 0.1) is 13.8 Å². The van der Waals surface area contributed by atoms with E-state index in [0.29, 0.717) is 12.2 Å². The van der Waals surface area contributed by atoms with Gasteiger partial charge in [0.1, 0.15) is 5.78 Å². The first-order chi connectivity index (χ1) is 9.47. The Kier molecular flexibility index (Phi) is 5.05. The molecule has 1 aromatic carbocycles. The zero-order valence-electron chi connectivity index (χ0n) is 11.8. The Morgan fingerprint density at radius 2 is 1.95 bits per heavy atom. The quantitative estimate of drug-likeness (QED) is 0.769. The normalized spacial score (nSPS) is 10.8. The number of halogens is 1. The van der Waals surface area contributed by atoms with Crippen molar-refractivity contribution in [3.63, 3.8) is 0 Å². The molecule has 0 radical (unpaired) electrons. The molecule has 2 aromatic rings. The number of thioether (sulfide) groups is 1. The summed E-state index contributed by atoms with van der Waals surface area (Å²) in [4.78, 5) is 13.2. The van der Waals surface area contributed by atoms with Crippen molar-refractivity contribution >= 4 is 33.5 Å². The number of Topliss-reactive ketones (excluding diaryl/α,β-unsaturated/α-hetero) is 1. The van der Waals surface area contributed by atoms with Crippen molar-refractivity contribution < 1.29 is 4.79 Å². The molecule has 1 aromatic heterocycles. The van der Waals surface area contributed by atoms with Crippen molar-refractivity contribution in [1.82, 2.24) is 9.78 Å². The van der Waals surface area contributed by atoms with E-state index in [4.69, 9.17) is 0 Å². The van der Waals surface area contributed by atoms with Crippen LogP contribution in [0.15, 0.2) is 33.6 Å². The van der Waals surface area contributed by atoms with Gasteiger partial charge < -0.3 is 0 Å². The molecule has 0 fully saturated rings. The lowest BCUT2D eigenvalue weighted by molar-refractivity contribution is -0.116. The summed E-state index contributed by atoms with van der Waals surface area (Å²) in [5, 5.41) is 4.30. The van der Waals surface area contributed by atoms with Gasteiger partial charge in [0.2, 0.25) is 0 Å². The fourth-order valence-electron chi connectivity index (χ4n) is 1.91. The van der Waals surface area contributed by atoms with Crippen LogP contribution in [0.4, 0.5) is 0 Å². The average Bonchev–Trinajstić information content (AvgIpc) is 2.65. The number of hydrogen-bond acceptors (Lipinski definition) is 3. The van der Waals surface area contributed by atoms with Gasteiger partial charge in [-0.1, -0.05) is 17.7 Å². The van der Waals surface area contributed by atoms with E-state index in [-0.39, 0.29) is 5.78 Å². The zero-order chi connectivity index (χ0) is 14.7. The lowest BCUT2D eigenvalue weighted by Crippen LogP contribution is -2.10. The molecule has 0 spiro atoms. The molecule has 0 aliphatic carbocycles. The summed E-state index contributed by atoms with van der Waals surface area (Å²) in [5.41, 5.74) is 3.09. The molecule has 1 heterocycles. The van der Waals surface area contributed by atoms with Crippen LogP contribution in [-0.4, -0.2) is 21.3 Å². The Morgan fingerprint density at radius 1 is 1.30 bits per heavy atom. The number of carbonyl (C=O) groups excluding carboxylic acids is 1. The molecule has 0 amide bonds. The van der Waals surface area contributed by atoms with Crippen molar-refractivity contribution in [3.8, 4) is 0 Å². The van der Waals surface area contributed by atoms with Crippen LogP contribution in [0.5, 0.6) is 0 Å². The number of hydrogen-bond donors (Lipinski definition) is 0. The first-order valence-corrected chi connectivity index (χ1v) is 8.14. The molecule has 0 saturated carbocycles. The molecule has 3 nitrogen and oxygen atoms in total. The molecule has 106 valence electrons. The van der Waals surface area contributed by atoms with Gasteiger partial charge in [-0.2, -0.15) is 5.10 Å². The molecule has 20 heavy (non-hydrogen) atoms. The number of rotatable bonds is 5. The summed E-state index contributed by atoms with van der Waals surface area (Å²) in [6.45, 7) is 3.99. The minimum Gasteiger partial charge on any atom is -0.298 e. The predicted octanol–water partition coefficient (Wildman–Crippen LogP) is 3.70. The highest BCUT2D eigenvalue weighted by Gasteiger charge is 2.14. The summed E-state index contributed by atoms with van der Waals surface area (Å²) in [6.07, 6.45) is 0.413. The van der Waals surface area contributed by atoms with Crippen LogP contribution in [0.25, 0.3) is 0 Å². The number of carbonyl (C=O) groups is 1. The second kappa shape index (κ2) is 6.59. The number of aryl methyl sites for hydroxylation is 3. The minimum absolute atomic E-state index is 0.208. The van der Waals surface area contributed by atoms with Crippen LogP contribution < -0.4 is 0 Å². The van der Waals surface area contributed by atoms with Crippen molar-refractivity contribution in [1.29, 1.82) is 0 Å². The monoisotopic (exact) mass is 352 g/mol. The van der Waals surface area contributed by atoms with Crippen LogP contribution in [0.1, 0.15) is 17.0 Å². The van der Waals surface area contributed by atoms with Crippen LogP contribution >= 0.6 is 27.7 Å². The Bertz CT molecular complexity index is 620. The van der Waals surface area contributed by atoms with E-state index >= 15 is 0 Å². The van der Waals surface area contributed by atoms with E-state index in [1.807, 2.05) is 14.0 Å². The van der Waals surface area contributed by atoms with E-state index in [0.717, 1.165) is 20.8 Å². The van der Waals surface area contributed by atoms with Gasteiger partial charge in [-0.25, -0.2) is 0 Å². The van der Waals surface area contributed by atoms with Gasteiger partial charge in [0.25, 0.3) is 0 Å². The first kappa shape index (κ1) is 15.3. The highest BCUT2D eigenvalue weighted by molar-refractivity contribution is 9.10. The van der Waals surface area contributed by atoms with E-state index < -0.39 is 0 Å². The van der Waals surface area contributed by atoms with Crippen molar-refractivity contribution in [2.24, 2.45) is 7.05 Å². The molecular formula is C15H17BrN2OS. The Labute approximate surface area is 131 Å². The van der Waals surface area contributed by atoms with Gasteiger partial charge >= 0.3 is 0 Å². The smallest absolute Gasteiger partial charge is 0.149 e. The van der Waals surface area contributed by atoms with Gasteiger partial charge in [-0.3, -0.25) is 9.48 Å². The first-order valence-electron chi connectivity index (χ1n) is 6.36. The SMILES string of the molecule is Cc1ccc(SCC(=O)Cc2c(Br)c(C)nn2C)cc1. The molecular weight excluding hydrogens is 336 g/mol. The topological polar surface area (TPSA) is 34.9 Å². The molecule has 2 rings (SSSR count). The molecule has 0 bridgehead atoms. The van der Waals surface area contributed by atoms with E-state index in [1.54, 1.807) is 16.4 Å². The standard InChI is InChI=1S/C15H17BrN2OS/c1-10-4-6-13(7-5-10)20-9-12(19)8-14-15(16)11(2)17-18(14)3/h4-7H,8-9H2,1-3H3. The average molecular weight is 353 g/mol. The fraction of sp³-hybridized carbons (Fsp3) is 0.333. The minimum atomic E-state index is 0.208. The van der Waals surface area contributed by atoms with E-state index in [1.165, 1.54) is 5.56 Å². The fourth-order valence-corrected chi connectivity index (χ4v) is 3.14. The van der Waals surface area contributed by atoms with Crippen molar-refractivity contribution in [2.45, 2.75) is 25.2 Å². The van der Waals surface area contributed by atoms with Crippen molar-refractivity contribution in [3.05, 3.63) is 45.7 Å². The number of benzene rings is 1. The summed E-state index contributed by atoms with van der Waals surface area (Å²) in [5.74, 6) is 0.694. The zero-order valence-corrected chi connectivity index (χ0v) is 14.2. The molecule has 0 N–H and O–H groups in total. The van der Waals surface area contributed by atoms with Gasteiger partial charge in [-0.15, -0.1) is 11.8 Å². The summed E-state index contributed by atoms with van der Waals surface area (Å²) in [7, 11) is 1.87. The molecule has 0 unspecified atom stereocenters. The molecule has 0 aliphatic rings. The second-order valence-corrected chi connectivity index (χ2v) is 6.63. The third-order valence-corrected chi connectivity index (χ3v) is 5.15. The number of ketones is 1. The summed E-state index contributed by atoms with van der Waals surface area (Å²) < 4.78 is 2.71. The van der Waals surface area contributed by atoms with Crippen LogP contribution in [0.2, 0.25) is 0 Å². The molecule has 0 atom stereocenters. The lowest BCUT2D eigenvalue weighted by atomic mass is 10.2. The lowest BCUT2D eigenvalue weighted by Gasteiger charge is -2.04. The highest BCUT2D eigenvalue weighted by atomic mass is 79.9. The number of aromatic nitrogens is 2. The highest BCUT2D eigenvalue weighted by Crippen LogP contribution is 2.23. The third-order valence-electron chi connectivity index (χ3n) is 3.05. The molecule has 0 saturated heterocycles. The summed E-state index contributed by atoms with van der Waals surface area (Å²) >= 11 is 5.07. The maximum atomic E-state index is 12.1.